The number of hydrogen-bond donors (Lipinski definition) is 0. The summed E-state index contributed by atoms with van der Waals surface area (Å²) in [6.07, 6.45) is 1.71. The van der Waals surface area contributed by atoms with Gasteiger partial charge in [0.15, 0.2) is 0 Å². The summed E-state index contributed by atoms with van der Waals surface area (Å²) in [5, 5.41) is 0.804. The number of halogens is 1. The van der Waals surface area contributed by atoms with E-state index in [9.17, 15) is 0 Å². The number of benzene rings is 2. The van der Waals surface area contributed by atoms with Gasteiger partial charge in [-0.2, -0.15) is 0 Å². The predicted octanol–water partition coefficient (Wildman–Crippen LogP) is 10.9. The average molecular weight is 473 g/mol. The molecule has 0 bridgehead atoms. The predicted molar refractivity (Wildman–Crippen MR) is 151 cm³/mol. The van der Waals surface area contributed by atoms with Crippen LogP contribution in [0.3, 0.4) is 0 Å². The standard InChI is InChI=1S/C10H13Cl.C10H14.C8H12O.C2H6.CH4/c1-10(2,3)8-4-6-9(11)7-5-8;1-10(2,3)9-7-5-4-6-8-9;1-8(2,3)7-5-4-6-9-7;1-2;/h4-7H,1-3H3;4-8H,1-3H3;4-6H,1-3H3;1-2H3;1H4. The molecule has 0 amide bonds. The first-order chi connectivity index (χ1) is 14.7. The molecule has 0 fully saturated rings. The van der Waals surface area contributed by atoms with Gasteiger partial charge in [0.1, 0.15) is 5.76 Å². The van der Waals surface area contributed by atoms with Gasteiger partial charge in [0.05, 0.1) is 6.26 Å². The molecule has 0 aliphatic rings. The highest BCUT2D eigenvalue weighted by atomic mass is 35.5. The lowest BCUT2D eigenvalue weighted by Gasteiger charge is -2.18. The van der Waals surface area contributed by atoms with Crippen LogP contribution in [0.2, 0.25) is 5.02 Å². The zero-order valence-electron chi connectivity index (χ0n) is 22.2. The Balaban J connectivity index is 0. The van der Waals surface area contributed by atoms with Gasteiger partial charge in [-0.15, -0.1) is 0 Å². The Hall–Kier alpha value is -1.99. The van der Waals surface area contributed by atoms with Crippen molar-refractivity contribution < 1.29 is 4.42 Å². The van der Waals surface area contributed by atoms with E-state index in [4.69, 9.17) is 16.0 Å². The lowest BCUT2D eigenvalue weighted by molar-refractivity contribution is 0.409. The lowest BCUT2D eigenvalue weighted by atomic mass is 9.87. The van der Waals surface area contributed by atoms with E-state index in [0.29, 0.717) is 5.41 Å². The van der Waals surface area contributed by atoms with E-state index in [2.05, 4.69) is 105 Å². The molecule has 0 aliphatic carbocycles. The zero-order chi connectivity index (χ0) is 25.0. The number of furan rings is 1. The molecule has 1 heterocycles. The minimum Gasteiger partial charge on any atom is -0.469 e. The van der Waals surface area contributed by atoms with Crippen molar-refractivity contribution in [1.29, 1.82) is 0 Å². The molecule has 0 aliphatic heterocycles. The van der Waals surface area contributed by atoms with Crippen LogP contribution >= 0.6 is 11.6 Å². The van der Waals surface area contributed by atoms with Gasteiger partial charge in [0.2, 0.25) is 0 Å². The van der Waals surface area contributed by atoms with E-state index < -0.39 is 0 Å². The summed E-state index contributed by atoms with van der Waals surface area (Å²) < 4.78 is 5.20. The number of rotatable bonds is 0. The summed E-state index contributed by atoms with van der Waals surface area (Å²) in [6, 6.07) is 22.5. The maximum atomic E-state index is 5.76. The first-order valence-corrected chi connectivity index (χ1v) is 11.9. The Kier molecular flexibility index (Phi) is 15.1. The van der Waals surface area contributed by atoms with Gasteiger partial charge in [-0.1, -0.05) is 138 Å². The molecule has 0 atom stereocenters. The van der Waals surface area contributed by atoms with Crippen molar-refractivity contribution in [3.05, 3.63) is 94.9 Å². The third-order valence-electron chi connectivity index (χ3n) is 4.61. The van der Waals surface area contributed by atoms with E-state index in [1.54, 1.807) is 6.26 Å². The van der Waals surface area contributed by atoms with Crippen LogP contribution in [0.5, 0.6) is 0 Å². The Labute approximate surface area is 210 Å². The molecule has 0 unspecified atom stereocenters. The lowest BCUT2D eigenvalue weighted by Crippen LogP contribution is -2.10. The van der Waals surface area contributed by atoms with Crippen molar-refractivity contribution in [2.75, 3.05) is 0 Å². The molecule has 1 nitrogen and oxygen atoms in total. The van der Waals surface area contributed by atoms with Crippen molar-refractivity contribution in [2.45, 2.75) is 99.8 Å². The highest BCUT2D eigenvalue weighted by Gasteiger charge is 2.15. The van der Waals surface area contributed by atoms with Crippen LogP contribution in [-0.4, -0.2) is 0 Å². The summed E-state index contributed by atoms with van der Waals surface area (Å²) in [5.74, 6) is 1.04. The van der Waals surface area contributed by atoms with Gasteiger partial charge in [-0.25, -0.2) is 0 Å². The minimum atomic E-state index is 0. The van der Waals surface area contributed by atoms with Crippen LogP contribution < -0.4 is 0 Å². The molecule has 2 heteroatoms. The quantitative estimate of drug-likeness (QED) is 0.317. The van der Waals surface area contributed by atoms with Gasteiger partial charge < -0.3 is 4.42 Å². The largest absolute Gasteiger partial charge is 0.469 e. The normalized spacial score (nSPS) is 10.8. The maximum absolute atomic E-state index is 5.76. The molecule has 33 heavy (non-hydrogen) atoms. The third-order valence-corrected chi connectivity index (χ3v) is 4.86. The first kappa shape index (κ1) is 33.2. The Morgan fingerprint density at radius 3 is 1.24 bits per heavy atom. The van der Waals surface area contributed by atoms with Crippen molar-refractivity contribution in [2.24, 2.45) is 0 Å². The van der Waals surface area contributed by atoms with E-state index >= 15 is 0 Å². The minimum absolute atomic E-state index is 0. The van der Waals surface area contributed by atoms with Crippen molar-refractivity contribution in [1.82, 2.24) is 0 Å². The molecule has 2 aromatic carbocycles. The highest BCUT2D eigenvalue weighted by Crippen LogP contribution is 2.23. The van der Waals surface area contributed by atoms with Gasteiger partial charge in [0, 0.05) is 10.4 Å². The van der Waals surface area contributed by atoms with Crippen LogP contribution in [-0.2, 0) is 16.2 Å². The van der Waals surface area contributed by atoms with Gasteiger partial charge in [-0.3, -0.25) is 0 Å². The van der Waals surface area contributed by atoms with E-state index in [-0.39, 0.29) is 18.3 Å². The molecule has 186 valence electrons. The molecule has 0 saturated carbocycles. The molecule has 3 rings (SSSR count). The maximum Gasteiger partial charge on any atom is 0.109 e. The second-order valence-corrected chi connectivity index (χ2v) is 11.0. The summed E-state index contributed by atoms with van der Waals surface area (Å²) in [4.78, 5) is 0. The van der Waals surface area contributed by atoms with Crippen molar-refractivity contribution >= 4 is 11.6 Å². The SMILES string of the molecule is C.CC.CC(C)(C)c1ccc(Cl)cc1.CC(C)(C)c1ccccc1.CC(C)(C)c1ccco1. The first-order valence-electron chi connectivity index (χ1n) is 11.6. The van der Waals surface area contributed by atoms with Crippen LogP contribution in [0.15, 0.2) is 77.4 Å². The van der Waals surface area contributed by atoms with Crippen molar-refractivity contribution in [3.63, 3.8) is 0 Å². The van der Waals surface area contributed by atoms with Crippen LogP contribution in [0.4, 0.5) is 0 Å². The summed E-state index contributed by atoms with van der Waals surface area (Å²) in [7, 11) is 0. The van der Waals surface area contributed by atoms with E-state index in [1.165, 1.54) is 11.1 Å². The topological polar surface area (TPSA) is 13.1 Å². The fourth-order valence-corrected chi connectivity index (χ4v) is 2.72. The Morgan fingerprint density at radius 2 is 0.970 bits per heavy atom. The summed E-state index contributed by atoms with van der Waals surface area (Å²) >= 11 is 5.76. The second-order valence-electron chi connectivity index (χ2n) is 10.6. The second kappa shape index (κ2) is 15.0. The zero-order valence-corrected chi connectivity index (χ0v) is 23.0. The molecule has 0 N–H and O–H groups in total. The fraction of sp³-hybridized carbons (Fsp3) is 0.484. The fourth-order valence-electron chi connectivity index (χ4n) is 2.59. The summed E-state index contributed by atoms with van der Waals surface area (Å²) in [5.41, 5.74) is 3.40. The van der Waals surface area contributed by atoms with Crippen molar-refractivity contribution in [3.8, 4) is 0 Å². The highest BCUT2D eigenvalue weighted by molar-refractivity contribution is 6.30. The van der Waals surface area contributed by atoms with Crippen LogP contribution in [0, 0.1) is 0 Å². The molecular formula is C31H49ClO. The third kappa shape index (κ3) is 14.0. The number of hydrogen-bond acceptors (Lipinski definition) is 1. The molecule has 3 aromatic rings. The van der Waals surface area contributed by atoms with Gasteiger partial charge >= 0.3 is 0 Å². The molecule has 0 radical (unpaired) electrons. The average Bonchev–Trinajstić information content (AvgIpc) is 3.26. The molecular weight excluding hydrogens is 424 g/mol. The smallest absolute Gasteiger partial charge is 0.109 e. The molecule has 0 saturated heterocycles. The van der Waals surface area contributed by atoms with Gasteiger partial charge in [-0.05, 0) is 46.2 Å². The van der Waals surface area contributed by atoms with E-state index in [0.717, 1.165) is 10.8 Å². The Bertz CT molecular complexity index is 825. The van der Waals surface area contributed by atoms with Gasteiger partial charge in [0.25, 0.3) is 0 Å². The monoisotopic (exact) mass is 472 g/mol. The van der Waals surface area contributed by atoms with Crippen LogP contribution in [0.25, 0.3) is 0 Å². The summed E-state index contributed by atoms with van der Waals surface area (Å²) in [6.45, 7) is 23.6. The Morgan fingerprint density at radius 1 is 0.545 bits per heavy atom. The molecule has 1 aromatic heterocycles. The van der Waals surface area contributed by atoms with E-state index in [1.807, 2.05) is 38.1 Å². The molecule has 0 spiro atoms. The van der Waals surface area contributed by atoms with Crippen LogP contribution in [0.1, 0.15) is 100 Å².